The molecule has 2 heterocycles. The van der Waals surface area contributed by atoms with Crippen LogP contribution in [0.25, 0.3) is 0 Å². The van der Waals surface area contributed by atoms with Gasteiger partial charge in [-0.3, -0.25) is 14.3 Å². The molecule has 0 saturated carbocycles. The van der Waals surface area contributed by atoms with E-state index in [1.165, 1.54) is 6.92 Å². The predicted octanol–water partition coefficient (Wildman–Crippen LogP) is -0.286. The molecule has 0 amide bonds. The third-order valence-electron chi connectivity index (χ3n) is 4.93. The maximum absolute atomic E-state index is 12.3. The van der Waals surface area contributed by atoms with Crippen LogP contribution in [0.15, 0.2) is 15.8 Å². The Morgan fingerprint density at radius 3 is 2.36 bits per heavy atom. The van der Waals surface area contributed by atoms with Crippen LogP contribution in [0, 0.1) is 0 Å². The molecular weight excluding hydrogens is 395 g/mol. The molecule has 0 radical (unpaired) electrons. The zero-order valence-electron chi connectivity index (χ0n) is 16.1. The molecule has 6 N–H and O–H groups in total. The number of aliphatic hydroxyl groups is 3. The van der Waals surface area contributed by atoms with Crippen LogP contribution in [0.2, 0.25) is 0 Å². The van der Waals surface area contributed by atoms with Crippen molar-refractivity contribution in [3.8, 4) is 0 Å². The summed E-state index contributed by atoms with van der Waals surface area (Å²) in [5.41, 5.74) is -2.84. The van der Waals surface area contributed by atoms with Gasteiger partial charge in [-0.15, -0.1) is 0 Å². The summed E-state index contributed by atoms with van der Waals surface area (Å²) in [6.45, 7) is 5.50. The number of aromatic nitrogens is 2. The van der Waals surface area contributed by atoms with Gasteiger partial charge in [0.2, 0.25) is 0 Å². The Morgan fingerprint density at radius 2 is 1.86 bits per heavy atom. The van der Waals surface area contributed by atoms with Crippen molar-refractivity contribution in [3.05, 3.63) is 32.6 Å². The number of nitrogens with one attached hydrogen (secondary N) is 2. The van der Waals surface area contributed by atoms with Crippen molar-refractivity contribution in [3.63, 3.8) is 0 Å². The lowest BCUT2D eigenvalue weighted by Gasteiger charge is -2.36. The van der Waals surface area contributed by atoms with Gasteiger partial charge in [-0.1, -0.05) is 6.92 Å². The highest BCUT2D eigenvalue weighted by Gasteiger charge is 2.50. The number of H-pyrrole nitrogens is 2. The lowest BCUT2D eigenvalue weighted by atomic mass is 9.92. The molecule has 6 atom stereocenters. The van der Waals surface area contributed by atoms with Gasteiger partial charge in [0.15, 0.2) is 5.34 Å². The van der Waals surface area contributed by atoms with Gasteiger partial charge in [0.1, 0.15) is 18.3 Å². The van der Waals surface area contributed by atoms with Crippen molar-refractivity contribution >= 4 is 7.60 Å². The summed E-state index contributed by atoms with van der Waals surface area (Å²) in [6.07, 6.45) is -3.88. The van der Waals surface area contributed by atoms with Gasteiger partial charge < -0.3 is 34.5 Å². The van der Waals surface area contributed by atoms with E-state index in [0.29, 0.717) is 0 Å². The van der Waals surface area contributed by atoms with Crippen molar-refractivity contribution in [1.82, 2.24) is 9.97 Å². The Morgan fingerprint density at radius 1 is 1.25 bits per heavy atom. The van der Waals surface area contributed by atoms with Crippen LogP contribution in [0.3, 0.4) is 0 Å². The second-order valence-electron chi connectivity index (χ2n) is 7.72. The number of hydrogen-bond acceptors (Lipinski definition) is 8. The maximum Gasteiger partial charge on any atom is 0.359 e. The van der Waals surface area contributed by atoms with Crippen molar-refractivity contribution in [1.29, 1.82) is 0 Å². The van der Waals surface area contributed by atoms with E-state index in [1.807, 2.05) is 4.98 Å². The van der Waals surface area contributed by atoms with Crippen LogP contribution in [-0.4, -0.2) is 59.4 Å². The minimum Gasteiger partial charge on any atom is -0.388 e. The van der Waals surface area contributed by atoms with Crippen LogP contribution in [-0.2, 0) is 13.8 Å². The number of ether oxygens (including phenoxy) is 1. The number of aromatic amines is 2. The fourth-order valence-corrected chi connectivity index (χ4v) is 3.91. The second kappa shape index (κ2) is 7.83. The molecule has 28 heavy (non-hydrogen) atoms. The Labute approximate surface area is 160 Å². The van der Waals surface area contributed by atoms with E-state index in [2.05, 4.69) is 4.98 Å². The van der Waals surface area contributed by atoms with Gasteiger partial charge in [0, 0.05) is 12.6 Å². The minimum atomic E-state index is -4.43. The number of rotatable bonds is 7. The van der Waals surface area contributed by atoms with Crippen LogP contribution < -0.4 is 11.2 Å². The first-order valence-corrected chi connectivity index (χ1v) is 10.4. The molecule has 0 aromatic carbocycles. The maximum atomic E-state index is 12.3. The highest BCUT2D eigenvalue weighted by molar-refractivity contribution is 7.54. The fourth-order valence-electron chi connectivity index (χ4n) is 2.89. The Kier molecular flexibility index (Phi) is 6.42. The molecule has 0 aliphatic carbocycles. The predicted molar refractivity (Wildman–Crippen MR) is 97.8 cm³/mol. The molecule has 11 nitrogen and oxygen atoms in total. The van der Waals surface area contributed by atoms with Crippen LogP contribution in [0.5, 0.6) is 0 Å². The smallest absolute Gasteiger partial charge is 0.359 e. The second-order valence-corrected chi connectivity index (χ2v) is 10.0. The third kappa shape index (κ3) is 4.62. The summed E-state index contributed by atoms with van der Waals surface area (Å²) < 4.78 is 23.3. The Hall–Kier alpha value is -1.33. The summed E-state index contributed by atoms with van der Waals surface area (Å²) in [4.78, 5) is 37.4. The van der Waals surface area contributed by atoms with Gasteiger partial charge in [-0.25, -0.2) is 4.79 Å². The van der Waals surface area contributed by atoms with Gasteiger partial charge >= 0.3 is 13.3 Å². The summed E-state index contributed by atoms with van der Waals surface area (Å²) in [6, 6.07) is 0. The molecule has 0 spiro atoms. The Bertz CT molecular complexity index is 861. The molecule has 1 aromatic rings. The van der Waals surface area contributed by atoms with Gasteiger partial charge in [0.25, 0.3) is 5.56 Å². The first kappa shape index (κ1) is 23.0. The molecule has 2 unspecified atom stereocenters. The summed E-state index contributed by atoms with van der Waals surface area (Å²) in [5.74, 6) is 0. The fraction of sp³-hybridized carbons (Fsp3) is 0.750. The molecule has 160 valence electrons. The number of hydrogen-bond donors (Lipinski definition) is 6. The molecule has 12 heteroatoms. The van der Waals surface area contributed by atoms with Gasteiger partial charge in [-0.2, -0.15) is 0 Å². The minimum absolute atomic E-state index is 0.0721. The first-order valence-electron chi connectivity index (χ1n) is 8.80. The SMILES string of the molecule is CCC(C)(C[C@H]1O[C@@H](c2c[nH]c(=O)[nH]c2=O)[C@H](O)[C@@H]1O)OP(=O)(O)C(C)(C)O. The normalized spacial score (nSPS) is 30.0. The van der Waals surface area contributed by atoms with Crippen LogP contribution >= 0.6 is 7.60 Å². The van der Waals surface area contributed by atoms with E-state index in [4.69, 9.17) is 9.26 Å². The average Bonchev–Trinajstić information content (AvgIpc) is 2.81. The third-order valence-corrected chi connectivity index (χ3v) is 7.00. The number of aliphatic hydroxyl groups excluding tert-OH is 2. The highest BCUT2D eigenvalue weighted by Crippen LogP contribution is 2.57. The molecule has 1 aliphatic heterocycles. The summed E-state index contributed by atoms with van der Waals surface area (Å²) in [5, 5.41) is 28.5. The summed E-state index contributed by atoms with van der Waals surface area (Å²) >= 11 is 0. The zero-order valence-corrected chi connectivity index (χ0v) is 17.0. The average molecular weight is 422 g/mol. The Balaban J connectivity index is 2.24. The standard InChI is InChI=1S/C16H27N2O9P/c1-5-16(4,27-28(24,25)15(2,3)23)6-9-10(19)11(20)12(26-9)8-7-17-14(22)18-13(8)21/h7,9-12,19-20,23H,5-6H2,1-4H3,(H,24,25)(H2,17,18,21,22)/t9-,10-,11-,12+,16?/m1/s1. The van der Waals surface area contributed by atoms with E-state index >= 15 is 0 Å². The monoisotopic (exact) mass is 422 g/mol. The van der Waals surface area contributed by atoms with Crippen LogP contribution in [0.4, 0.5) is 0 Å². The zero-order chi connectivity index (χ0) is 21.5. The van der Waals surface area contributed by atoms with Crippen molar-refractivity contribution in [2.24, 2.45) is 0 Å². The lowest BCUT2D eigenvalue weighted by Crippen LogP contribution is -2.39. The molecule has 2 rings (SSSR count). The van der Waals surface area contributed by atoms with E-state index < -0.39 is 54.2 Å². The van der Waals surface area contributed by atoms with Crippen molar-refractivity contribution in [2.75, 3.05) is 0 Å². The molecular formula is C16H27N2O9P. The quantitative estimate of drug-likeness (QED) is 0.322. The van der Waals surface area contributed by atoms with Crippen molar-refractivity contribution < 1.29 is 34.0 Å². The topological polar surface area (TPSA) is 182 Å². The molecule has 1 aromatic heterocycles. The lowest BCUT2D eigenvalue weighted by molar-refractivity contribution is -0.0523. The highest BCUT2D eigenvalue weighted by atomic mass is 31.2. The van der Waals surface area contributed by atoms with Crippen LogP contribution in [0.1, 0.15) is 52.2 Å². The molecule has 1 saturated heterocycles. The molecule has 0 bridgehead atoms. The van der Waals surface area contributed by atoms with E-state index in [9.17, 15) is 34.4 Å². The molecule has 1 aliphatic rings. The van der Waals surface area contributed by atoms with Gasteiger partial charge in [0.05, 0.1) is 17.3 Å². The van der Waals surface area contributed by atoms with Crippen molar-refractivity contribution in [2.45, 2.75) is 75.9 Å². The molecule has 1 fully saturated rings. The van der Waals surface area contributed by atoms with Gasteiger partial charge in [-0.05, 0) is 27.2 Å². The van der Waals surface area contributed by atoms with E-state index in [-0.39, 0.29) is 18.4 Å². The first-order chi connectivity index (χ1) is 12.7. The van der Waals surface area contributed by atoms with E-state index in [1.54, 1.807) is 6.92 Å². The largest absolute Gasteiger partial charge is 0.388 e. The summed E-state index contributed by atoms with van der Waals surface area (Å²) in [7, 11) is -4.43. The van der Waals surface area contributed by atoms with E-state index in [0.717, 1.165) is 20.0 Å².